The van der Waals surface area contributed by atoms with Crippen LogP contribution in [0.25, 0.3) is 10.9 Å². The van der Waals surface area contributed by atoms with Crippen LogP contribution in [-0.4, -0.2) is 16.5 Å². The fourth-order valence-electron chi connectivity index (χ4n) is 1.82. The van der Waals surface area contributed by atoms with Gasteiger partial charge in [0.1, 0.15) is 5.82 Å². The Kier molecular flexibility index (Phi) is 4.09. The summed E-state index contributed by atoms with van der Waals surface area (Å²) in [7, 11) is 0. The number of anilines is 1. The molecule has 1 aromatic heterocycles. The van der Waals surface area contributed by atoms with Crippen LogP contribution >= 0.6 is 12.2 Å². The van der Waals surface area contributed by atoms with Crippen molar-refractivity contribution in [1.29, 1.82) is 0 Å². The third kappa shape index (κ3) is 3.03. The van der Waals surface area contributed by atoms with Crippen molar-refractivity contribution in [3.8, 4) is 0 Å². The summed E-state index contributed by atoms with van der Waals surface area (Å²) >= 11 is 5.12. The lowest BCUT2D eigenvalue weighted by atomic mass is 10.2. The van der Waals surface area contributed by atoms with E-state index in [9.17, 15) is 0 Å². The van der Waals surface area contributed by atoms with Crippen LogP contribution in [0.5, 0.6) is 0 Å². The topological polar surface area (TPSA) is 40.7 Å². The number of unbranched alkanes of at least 4 members (excludes halogenated alkanes) is 2. The summed E-state index contributed by atoms with van der Waals surface area (Å²) in [6.45, 7) is 3.15. The summed E-state index contributed by atoms with van der Waals surface area (Å²) in [4.78, 5) is 7.44. The summed E-state index contributed by atoms with van der Waals surface area (Å²) in [5.74, 6) is 0.889. The lowest BCUT2D eigenvalue weighted by Gasteiger charge is -2.08. The predicted octanol–water partition coefficient (Wildman–Crippen LogP) is 3.89. The molecule has 2 N–H and O–H groups in total. The number of nitrogens with one attached hydrogen (secondary N) is 2. The van der Waals surface area contributed by atoms with Gasteiger partial charge in [0.05, 0.1) is 5.52 Å². The summed E-state index contributed by atoms with van der Waals surface area (Å²) < 4.78 is 0.529. The van der Waals surface area contributed by atoms with E-state index in [1.165, 1.54) is 12.8 Å². The molecule has 3 nitrogen and oxygen atoms in total. The summed E-state index contributed by atoms with van der Waals surface area (Å²) in [6.07, 6.45) is 3.63. The van der Waals surface area contributed by atoms with Gasteiger partial charge in [0.25, 0.3) is 0 Å². The Morgan fingerprint density at radius 3 is 2.94 bits per heavy atom. The van der Waals surface area contributed by atoms with Crippen LogP contribution in [0.4, 0.5) is 5.82 Å². The number of H-pyrrole nitrogens is 1. The van der Waals surface area contributed by atoms with Crippen molar-refractivity contribution in [3.05, 3.63) is 29.0 Å². The van der Waals surface area contributed by atoms with E-state index in [0.29, 0.717) is 4.77 Å². The molecule has 0 saturated carbocycles. The Morgan fingerprint density at radius 1 is 1.29 bits per heavy atom. The molecule has 2 rings (SSSR count). The number of benzene rings is 1. The lowest BCUT2D eigenvalue weighted by molar-refractivity contribution is 0.742. The third-order valence-corrected chi connectivity index (χ3v) is 2.90. The maximum absolute atomic E-state index is 5.12. The van der Waals surface area contributed by atoms with Gasteiger partial charge in [-0.15, -0.1) is 0 Å². The zero-order valence-corrected chi connectivity index (χ0v) is 10.8. The zero-order chi connectivity index (χ0) is 12.1. The van der Waals surface area contributed by atoms with Crippen molar-refractivity contribution >= 4 is 28.9 Å². The Morgan fingerprint density at radius 2 is 2.12 bits per heavy atom. The number of aromatic nitrogens is 2. The van der Waals surface area contributed by atoms with Gasteiger partial charge in [-0.3, -0.25) is 0 Å². The van der Waals surface area contributed by atoms with Crippen LogP contribution in [0.3, 0.4) is 0 Å². The molecule has 0 fully saturated rings. The fourth-order valence-corrected chi connectivity index (χ4v) is 2.02. The quantitative estimate of drug-likeness (QED) is 0.622. The Bertz CT molecular complexity index is 548. The fraction of sp³-hybridized carbons (Fsp3) is 0.385. The average molecular weight is 247 g/mol. The molecule has 0 radical (unpaired) electrons. The van der Waals surface area contributed by atoms with Crippen molar-refractivity contribution in [2.45, 2.75) is 26.2 Å². The van der Waals surface area contributed by atoms with Crippen molar-refractivity contribution in [2.24, 2.45) is 0 Å². The smallest absolute Gasteiger partial charge is 0.199 e. The summed E-state index contributed by atoms with van der Waals surface area (Å²) in [6, 6.07) is 8.08. The molecule has 0 amide bonds. The van der Waals surface area contributed by atoms with Gasteiger partial charge in [0.2, 0.25) is 0 Å². The van der Waals surface area contributed by atoms with Crippen LogP contribution in [0, 0.1) is 4.77 Å². The van der Waals surface area contributed by atoms with E-state index in [1.54, 1.807) is 0 Å². The van der Waals surface area contributed by atoms with Gasteiger partial charge in [0, 0.05) is 11.9 Å². The molecule has 0 atom stereocenters. The first-order chi connectivity index (χ1) is 8.31. The molecular formula is C13H17N3S. The van der Waals surface area contributed by atoms with Crippen LogP contribution in [0.2, 0.25) is 0 Å². The lowest BCUT2D eigenvalue weighted by Crippen LogP contribution is -2.04. The minimum atomic E-state index is 0.529. The first kappa shape index (κ1) is 12.0. The van der Waals surface area contributed by atoms with E-state index < -0.39 is 0 Å². The first-order valence-corrected chi connectivity index (χ1v) is 6.45. The van der Waals surface area contributed by atoms with Gasteiger partial charge in [-0.25, -0.2) is 4.98 Å². The van der Waals surface area contributed by atoms with Crippen LogP contribution in [0.15, 0.2) is 24.3 Å². The molecule has 0 aliphatic rings. The van der Waals surface area contributed by atoms with Gasteiger partial charge < -0.3 is 10.3 Å². The van der Waals surface area contributed by atoms with Crippen LogP contribution < -0.4 is 5.32 Å². The van der Waals surface area contributed by atoms with E-state index >= 15 is 0 Å². The highest BCUT2D eigenvalue weighted by Crippen LogP contribution is 2.18. The molecule has 0 saturated heterocycles. The Hall–Kier alpha value is -1.42. The van der Waals surface area contributed by atoms with E-state index in [1.807, 2.05) is 18.2 Å². The van der Waals surface area contributed by atoms with E-state index in [-0.39, 0.29) is 0 Å². The molecule has 2 aromatic rings. The first-order valence-electron chi connectivity index (χ1n) is 6.04. The second-order valence-corrected chi connectivity index (χ2v) is 4.46. The second-order valence-electron chi connectivity index (χ2n) is 4.07. The molecule has 0 aliphatic carbocycles. The zero-order valence-electron chi connectivity index (χ0n) is 9.99. The molecule has 1 aromatic carbocycles. The molecule has 17 heavy (non-hydrogen) atoms. The van der Waals surface area contributed by atoms with E-state index in [4.69, 9.17) is 12.2 Å². The number of aromatic amines is 1. The number of fused-ring (bicyclic) bond motifs is 1. The van der Waals surface area contributed by atoms with Crippen molar-refractivity contribution in [1.82, 2.24) is 9.97 Å². The molecule has 1 heterocycles. The van der Waals surface area contributed by atoms with Gasteiger partial charge in [-0.2, -0.15) is 0 Å². The highest BCUT2D eigenvalue weighted by atomic mass is 32.1. The van der Waals surface area contributed by atoms with Crippen LogP contribution in [-0.2, 0) is 0 Å². The van der Waals surface area contributed by atoms with E-state index in [0.717, 1.165) is 29.7 Å². The minimum absolute atomic E-state index is 0.529. The standard InChI is InChI=1S/C13H17N3S/c1-2-3-6-9-14-12-10-7-4-5-8-11(10)15-13(17)16-12/h4-5,7-8H,2-3,6,9H2,1H3,(H2,14,15,16,17). The normalized spacial score (nSPS) is 10.6. The second kappa shape index (κ2) is 5.77. The summed E-state index contributed by atoms with van der Waals surface area (Å²) in [5, 5.41) is 4.46. The largest absolute Gasteiger partial charge is 0.369 e. The van der Waals surface area contributed by atoms with Crippen molar-refractivity contribution < 1.29 is 0 Å². The van der Waals surface area contributed by atoms with Gasteiger partial charge in [0.15, 0.2) is 4.77 Å². The minimum Gasteiger partial charge on any atom is -0.369 e. The Labute approximate surface area is 106 Å². The molecule has 0 bridgehead atoms. The molecule has 4 heteroatoms. The molecular weight excluding hydrogens is 230 g/mol. The number of nitrogens with zero attached hydrogens (tertiary/aromatic N) is 1. The van der Waals surface area contributed by atoms with Gasteiger partial charge >= 0.3 is 0 Å². The van der Waals surface area contributed by atoms with Gasteiger partial charge in [-0.1, -0.05) is 31.9 Å². The van der Waals surface area contributed by atoms with Gasteiger partial charge in [-0.05, 0) is 30.8 Å². The van der Waals surface area contributed by atoms with Crippen LogP contribution in [0.1, 0.15) is 26.2 Å². The highest BCUT2D eigenvalue weighted by molar-refractivity contribution is 7.71. The molecule has 0 aliphatic heterocycles. The van der Waals surface area contributed by atoms with Crippen molar-refractivity contribution in [2.75, 3.05) is 11.9 Å². The number of hydrogen-bond acceptors (Lipinski definition) is 3. The number of hydrogen-bond donors (Lipinski definition) is 2. The molecule has 0 spiro atoms. The molecule has 0 unspecified atom stereocenters. The summed E-state index contributed by atoms with van der Waals surface area (Å²) in [5.41, 5.74) is 1.03. The maximum atomic E-state index is 5.12. The van der Waals surface area contributed by atoms with E-state index in [2.05, 4.69) is 28.3 Å². The SMILES string of the molecule is CCCCCNc1nc(=S)[nH]c2ccccc12. The maximum Gasteiger partial charge on any atom is 0.199 e. The average Bonchev–Trinajstić information content (AvgIpc) is 2.34. The third-order valence-electron chi connectivity index (χ3n) is 2.71. The number of para-hydroxylation sites is 1. The monoisotopic (exact) mass is 247 g/mol. The van der Waals surface area contributed by atoms with Crippen molar-refractivity contribution in [3.63, 3.8) is 0 Å². The Balaban J connectivity index is 2.23. The highest BCUT2D eigenvalue weighted by Gasteiger charge is 2.01. The predicted molar refractivity (Wildman–Crippen MR) is 74.9 cm³/mol. The molecule has 90 valence electrons. The number of rotatable bonds is 5.